The lowest BCUT2D eigenvalue weighted by atomic mass is 9.69. The fraction of sp³-hybridized carbons (Fsp3) is 0.650. The quantitative estimate of drug-likeness (QED) is 0.817. The smallest absolute Gasteiger partial charge is 0.240 e. The first-order valence-electron chi connectivity index (χ1n) is 9.66. The largest absolute Gasteiger partial charge is 0.326 e. The molecule has 1 aliphatic carbocycles. The van der Waals surface area contributed by atoms with Crippen LogP contribution >= 0.6 is 0 Å². The molecule has 6 heteroatoms. The van der Waals surface area contributed by atoms with Gasteiger partial charge in [0.05, 0.1) is 4.90 Å². The van der Waals surface area contributed by atoms with Crippen molar-refractivity contribution < 1.29 is 13.2 Å². The molecule has 26 heavy (non-hydrogen) atoms. The van der Waals surface area contributed by atoms with Crippen molar-refractivity contribution in [3.05, 3.63) is 23.8 Å². The molecule has 2 aliphatic rings. The molecule has 1 fully saturated rings. The highest BCUT2D eigenvalue weighted by molar-refractivity contribution is 7.89. The Labute approximate surface area is 157 Å². The SMILES string of the molecule is CCC(C)(C)C1CCC(NS(=O)(=O)c2ccc3c(c2)CCC(=O)N3)CC1. The van der Waals surface area contributed by atoms with Gasteiger partial charge in [-0.1, -0.05) is 27.2 Å². The minimum Gasteiger partial charge on any atom is -0.326 e. The maximum Gasteiger partial charge on any atom is 0.240 e. The molecule has 1 aromatic rings. The number of hydrogen-bond donors (Lipinski definition) is 2. The number of carbonyl (C=O) groups is 1. The summed E-state index contributed by atoms with van der Waals surface area (Å²) in [6.07, 6.45) is 6.08. The Hall–Kier alpha value is -1.40. The third-order valence-corrected chi connectivity index (χ3v) is 7.87. The first kappa shape index (κ1) is 19.4. The molecule has 2 N–H and O–H groups in total. The monoisotopic (exact) mass is 378 g/mol. The van der Waals surface area contributed by atoms with Crippen LogP contribution < -0.4 is 10.0 Å². The van der Waals surface area contributed by atoms with Gasteiger partial charge in [-0.3, -0.25) is 4.79 Å². The zero-order valence-corrected chi connectivity index (χ0v) is 16.8. The average molecular weight is 379 g/mol. The minimum absolute atomic E-state index is 0.0136. The van der Waals surface area contributed by atoms with Crippen LogP contribution in [0.2, 0.25) is 0 Å². The zero-order chi connectivity index (χ0) is 18.9. The number of fused-ring (bicyclic) bond motifs is 1. The number of aryl methyl sites for hydroxylation is 1. The molecule has 1 aliphatic heterocycles. The van der Waals surface area contributed by atoms with Crippen molar-refractivity contribution in [2.75, 3.05) is 5.32 Å². The lowest BCUT2D eigenvalue weighted by Crippen LogP contribution is -2.39. The van der Waals surface area contributed by atoms with E-state index in [2.05, 4.69) is 30.8 Å². The predicted octanol–water partition coefficient (Wildman–Crippen LogP) is 3.84. The highest BCUT2D eigenvalue weighted by atomic mass is 32.2. The molecule has 144 valence electrons. The summed E-state index contributed by atoms with van der Waals surface area (Å²) in [4.78, 5) is 11.7. The van der Waals surface area contributed by atoms with E-state index in [9.17, 15) is 13.2 Å². The van der Waals surface area contributed by atoms with Gasteiger partial charge in [-0.25, -0.2) is 13.1 Å². The van der Waals surface area contributed by atoms with E-state index in [4.69, 9.17) is 0 Å². The predicted molar refractivity (Wildman–Crippen MR) is 104 cm³/mol. The molecule has 1 amide bonds. The minimum atomic E-state index is -3.53. The summed E-state index contributed by atoms with van der Waals surface area (Å²) in [5.41, 5.74) is 1.94. The number of anilines is 1. The van der Waals surface area contributed by atoms with Crippen molar-refractivity contribution in [1.29, 1.82) is 0 Å². The molecule has 1 heterocycles. The summed E-state index contributed by atoms with van der Waals surface area (Å²) in [5, 5.41) is 2.79. The molecular weight excluding hydrogens is 348 g/mol. The van der Waals surface area contributed by atoms with E-state index in [0.29, 0.717) is 29.1 Å². The number of carbonyl (C=O) groups excluding carboxylic acids is 1. The first-order chi connectivity index (χ1) is 12.2. The van der Waals surface area contributed by atoms with E-state index in [1.165, 1.54) is 0 Å². The van der Waals surface area contributed by atoms with Crippen LogP contribution in [0.1, 0.15) is 64.9 Å². The fourth-order valence-corrected chi connectivity index (χ4v) is 5.45. The maximum absolute atomic E-state index is 12.8. The van der Waals surface area contributed by atoms with Crippen LogP contribution in [0.25, 0.3) is 0 Å². The Bertz CT molecular complexity index is 778. The van der Waals surface area contributed by atoms with E-state index in [1.54, 1.807) is 18.2 Å². The Morgan fingerprint density at radius 3 is 2.50 bits per heavy atom. The molecule has 1 aromatic carbocycles. The number of rotatable bonds is 5. The summed E-state index contributed by atoms with van der Waals surface area (Å²) in [6.45, 7) is 6.86. The second kappa shape index (κ2) is 7.31. The Balaban J connectivity index is 1.66. The molecule has 0 bridgehead atoms. The van der Waals surface area contributed by atoms with Crippen LogP contribution in [0.15, 0.2) is 23.1 Å². The molecule has 1 saturated carbocycles. The molecule has 0 saturated heterocycles. The second-order valence-electron chi connectivity index (χ2n) is 8.38. The Morgan fingerprint density at radius 1 is 1.15 bits per heavy atom. The van der Waals surface area contributed by atoms with E-state index >= 15 is 0 Å². The molecular formula is C20H30N2O3S. The zero-order valence-electron chi connectivity index (χ0n) is 16.0. The third-order valence-electron chi connectivity index (χ3n) is 6.35. The van der Waals surface area contributed by atoms with Gasteiger partial charge in [-0.15, -0.1) is 0 Å². The maximum atomic E-state index is 12.8. The van der Waals surface area contributed by atoms with Crippen LogP contribution in [-0.4, -0.2) is 20.4 Å². The number of nitrogens with one attached hydrogen (secondary N) is 2. The molecule has 3 rings (SSSR count). The van der Waals surface area contributed by atoms with Gasteiger partial charge >= 0.3 is 0 Å². The van der Waals surface area contributed by atoms with Gasteiger partial charge in [0.15, 0.2) is 0 Å². The van der Waals surface area contributed by atoms with Gasteiger partial charge in [0.2, 0.25) is 15.9 Å². The highest BCUT2D eigenvalue weighted by Crippen LogP contribution is 2.40. The van der Waals surface area contributed by atoms with Gasteiger partial charge in [0.25, 0.3) is 0 Å². The number of amides is 1. The van der Waals surface area contributed by atoms with Gasteiger partial charge in [-0.2, -0.15) is 0 Å². The Kier molecular flexibility index (Phi) is 5.45. The average Bonchev–Trinajstić information content (AvgIpc) is 2.61. The standard InChI is InChI=1S/C20H30N2O3S/c1-4-20(2,3)15-6-8-16(9-7-15)22-26(24,25)17-10-11-18-14(13-17)5-12-19(23)21-18/h10-11,13,15-16,22H,4-9,12H2,1-3H3,(H,21,23). The van der Waals surface area contributed by atoms with Gasteiger partial charge in [0.1, 0.15) is 0 Å². The molecule has 5 nitrogen and oxygen atoms in total. The normalized spacial score (nSPS) is 24.0. The van der Waals surface area contributed by atoms with Crippen molar-refractivity contribution in [2.45, 2.75) is 76.7 Å². The fourth-order valence-electron chi connectivity index (χ4n) is 4.10. The van der Waals surface area contributed by atoms with Crippen LogP contribution in [-0.2, 0) is 21.2 Å². The Morgan fingerprint density at radius 2 is 1.85 bits per heavy atom. The van der Waals surface area contributed by atoms with Crippen LogP contribution in [0.5, 0.6) is 0 Å². The van der Waals surface area contributed by atoms with E-state index in [0.717, 1.165) is 43.4 Å². The van der Waals surface area contributed by atoms with Crippen molar-refractivity contribution in [3.63, 3.8) is 0 Å². The summed E-state index contributed by atoms with van der Waals surface area (Å²) in [5.74, 6) is 0.651. The number of benzene rings is 1. The molecule has 0 spiro atoms. The van der Waals surface area contributed by atoms with Crippen LogP contribution in [0.3, 0.4) is 0 Å². The van der Waals surface area contributed by atoms with Crippen LogP contribution in [0, 0.1) is 11.3 Å². The van der Waals surface area contributed by atoms with Gasteiger partial charge < -0.3 is 5.32 Å². The first-order valence-corrected chi connectivity index (χ1v) is 11.1. The lowest BCUT2D eigenvalue weighted by molar-refractivity contribution is -0.116. The van der Waals surface area contributed by atoms with Crippen molar-refractivity contribution in [3.8, 4) is 0 Å². The lowest BCUT2D eigenvalue weighted by Gasteiger charge is -2.39. The summed E-state index contributed by atoms with van der Waals surface area (Å²) in [7, 11) is -3.53. The van der Waals surface area contributed by atoms with E-state index in [-0.39, 0.29) is 11.9 Å². The summed E-state index contributed by atoms with van der Waals surface area (Å²) in [6, 6.07) is 4.99. The molecule has 0 unspecified atom stereocenters. The molecule has 0 aromatic heterocycles. The topological polar surface area (TPSA) is 75.3 Å². The van der Waals surface area contributed by atoms with Crippen molar-refractivity contribution in [2.24, 2.45) is 11.3 Å². The highest BCUT2D eigenvalue weighted by Gasteiger charge is 2.33. The molecule has 0 radical (unpaired) electrons. The molecule has 0 atom stereocenters. The second-order valence-corrected chi connectivity index (χ2v) is 10.1. The van der Waals surface area contributed by atoms with Crippen molar-refractivity contribution >= 4 is 21.6 Å². The van der Waals surface area contributed by atoms with Gasteiger partial charge in [-0.05, 0) is 67.2 Å². The number of hydrogen-bond acceptors (Lipinski definition) is 3. The van der Waals surface area contributed by atoms with Crippen LogP contribution in [0.4, 0.5) is 5.69 Å². The summed E-state index contributed by atoms with van der Waals surface area (Å²) < 4.78 is 28.5. The van der Waals surface area contributed by atoms with Gasteiger partial charge in [0, 0.05) is 18.2 Å². The van der Waals surface area contributed by atoms with E-state index in [1.807, 2.05) is 0 Å². The van der Waals surface area contributed by atoms with E-state index < -0.39 is 10.0 Å². The third kappa shape index (κ3) is 4.12. The summed E-state index contributed by atoms with van der Waals surface area (Å²) >= 11 is 0. The number of sulfonamides is 1. The van der Waals surface area contributed by atoms with Crippen molar-refractivity contribution in [1.82, 2.24) is 4.72 Å².